The van der Waals surface area contributed by atoms with Gasteiger partial charge in [0.15, 0.2) is 11.4 Å². The zero-order valence-corrected chi connectivity index (χ0v) is 28.3. The molecule has 0 radical (unpaired) electrons. The number of piperazine rings is 1. The third-order valence-corrected chi connectivity index (χ3v) is 9.32. The van der Waals surface area contributed by atoms with Crippen molar-refractivity contribution in [2.75, 3.05) is 55.5 Å². The predicted molar refractivity (Wildman–Crippen MR) is 180 cm³/mol. The molecule has 0 unspecified atom stereocenters. The maximum Gasteiger partial charge on any atom is 0.416 e. The number of alkyl halides is 3. The second-order valence-corrected chi connectivity index (χ2v) is 12.7. The van der Waals surface area contributed by atoms with Gasteiger partial charge in [-0.05, 0) is 43.7 Å². The molecule has 2 aliphatic heterocycles. The molecule has 13 nitrogen and oxygen atoms in total. The number of hydrogen-bond donors (Lipinski definition) is 2. The molecule has 17 heteroatoms. The summed E-state index contributed by atoms with van der Waals surface area (Å²) in [5.41, 5.74) is 0.139. The number of carbonyl (C=O) groups is 2. The summed E-state index contributed by atoms with van der Waals surface area (Å²) in [4.78, 5) is 59.5. The molecule has 4 aromatic rings. The van der Waals surface area contributed by atoms with Gasteiger partial charge in [0.1, 0.15) is 29.9 Å². The van der Waals surface area contributed by atoms with Gasteiger partial charge in [-0.25, -0.2) is 15.0 Å². The van der Waals surface area contributed by atoms with Gasteiger partial charge in [-0.1, -0.05) is 18.5 Å². The summed E-state index contributed by atoms with van der Waals surface area (Å²) in [6.45, 7) is 3.86. The van der Waals surface area contributed by atoms with E-state index in [-0.39, 0.29) is 71.6 Å². The first-order valence-electron chi connectivity index (χ1n) is 15.8. The molecular weight excluding hydrogens is 681 g/mol. The Morgan fingerprint density at radius 2 is 1.86 bits per heavy atom. The van der Waals surface area contributed by atoms with E-state index in [0.29, 0.717) is 29.1 Å². The molecule has 3 aromatic heterocycles. The fourth-order valence-electron chi connectivity index (χ4n) is 6.52. The fraction of sp³-hybridized carbons (Fsp3) is 0.394. The maximum absolute atomic E-state index is 14.5. The van der Waals surface area contributed by atoms with Crippen LogP contribution in [0.25, 0.3) is 11.0 Å². The summed E-state index contributed by atoms with van der Waals surface area (Å²) >= 11 is 6.13. The van der Waals surface area contributed by atoms with Crippen molar-refractivity contribution >= 4 is 51.6 Å². The van der Waals surface area contributed by atoms with Gasteiger partial charge in [0.2, 0.25) is 11.3 Å². The van der Waals surface area contributed by atoms with Gasteiger partial charge >= 0.3 is 6.18 Å². The minimum absolute atomic E-state index is 0.00189. The molecule has 6 rings (SSSR count). The van der Waals surface area contributed by atoms with Crippen LogP contribution < -0.4 is 20.5 Å². The maximum atomic E-state index is 14.5. The Morgan fingerprint density at radius 3 is 2.54 bits per heavy atom. The van der Waals surface area contributed by atoms with Gasteiger partial charge in [-0.3, -0.25) is 14.4 Å². The molecule has 2 saturated heterocycles. The minimum Gasteiger partial charge on any atom is -0.504 e. The number of benzene rings is 1. The molecule has 0 saturated carbocycles. The number of aryl methyl sites for hydroxylation is 1. The number of pyridine rings is 2. The lowest BCUT2D eigenvalue weighted by molar-refractivity contribution is -0.137. The first-order chi connectivity index (χ1) is 23.7. The first-order valence-corrected chi connectivity index (χ1v) is 16.1. The zero-order valence-electron chi connectivity index (χ0n) is 27.6. The number of anilines is 3. The highest BCUT2D eigenvalue weighted by atomic mass is 35.5. The van der Waals surface area contributed by atoms with Crippen LogP contribution in [0.1, 0.15) is 34.4 Å². The number of fused-ring (bicyclic) bond motifs is 2. The lowest BCUT2D eigenvalue weighted by Crippen LogP contribution is -2.62. The molecule has 2 fully saturated rings. The Bertz CT molecular complexity index is 2060. The Hall–Kier alpha value is -4.96. The molecule has 0 aliphatic carbocycles. The standard InChI is InChI=1S/C33H34ClF3N8O5/c1-5-21-29(43-10-11-44(24-15-50-14-23(24)43)32(49)28-30(47)17(2)38-16-39-28)31(48)27-22(8-9-25(41-27)42(3)4)45(21)13-26(46)40-20-7-6-18(12-19(20)34)33(35,36)37/h6-9,12,16,23-24,47H,5,10-11,13-15H2,1-4H3,(H,40,46)/t23-,24+/m1/s1. The lowest BCUT2D eigenvalue weighted by Gasteiger charge is -2.45. The number of aromatic nitrogens is 4. The number of nitrogens with one attached hydrogen (secondary N) is 1. The van der Waals surface area contributed by atoms with Crippen LogP contribution in [0.15, 0.2) is 41.5 Å². The topological polar surface area (TPSA) is 146 Å². The highest BCUT2D eigenvalue weighted by Crippen LogP contribution is 2.35. The van der Waals surface area contributed by atoms with Crippen LogP contribution in [0.3, 0.4) is 0 Å². The van der Waals surface area contributed by atoms with Crippen molar-refractivity contribution in [3.8, 4) is 5.75 Å². The summed E-state index contributed by atoms with van der Waals surface area (Å²) in [6, 6.07) is 5.13. The molecule has 264 valence electrons. The Labute approximate surface area is 289 Å². The lowest BCUT2D eigenvalue weighted by atomic mass is 10.0. The average molecular weight is 715 g/mol. The SMILES string of the molecule is CCc1c(N2CCN(C(=O)c3ncnc(C)c3O)[C@H]3COC[C@H]32)c(=O)c2nc(N(C)C)ccc2n1CC(=O)Nc1ccc(C(F)(F)F)cc1Cl. The molecule has 5 heterocycles. The monoisotopic (exact) mass is 714 g/mol. The molecule has 0 spiro atoms. The molecular formula is C33H34ClF3N8O5. The average Bonchev–Trinajstić information content (AvgIpc) is 3.57. The third-order valence-electron chi connectivity index (χ3n) is 9.00. The Morgan fingerprint density at radius 1 is 1.12 bits per heavy atom. The van der Waals surface area contributed by atoms with Crippen molar-refractivity contribution in [3.63, 3.8) is 0 Å². The van der Waals surface area contributed by atoms with Gasteiger partial charge in [-0.15, -0.1) is 0 Å². The number of carbonyl (C=O) groups excluding carboxylic acids is 2. The van der Waals surface area contributed by atoms with Crippen LogP contribution in [0.2, 0.25) is 5.02 Å². The predicted octanol–water partition coefficient (Wildman–Crippen LogP) is 3.87. The highest BCUT2D eigenvalue weighted by molar-refractivity contribution is 6.33. The number of aromatic hydroxyl groups is 1. The smallest absolute Gasteiger partial charge is 0.416 e. The van der Waals surface area contributed by atoms with E-state index in [0.717, 1.165) is 18.2 Å². The van der Waals surface area contributed by atoms with Gasteiger partial charge in [0.25, 0.3) is 5.91 Å². The molecule has 2 N–H and O–H groups in total. The number of amides is 2. The van der Waals surface area contributed by atoms with Gasteiger partial charge in [0, 0.05) is 32.9 Å². The van der Waals surface area contributed by atoms with E-state index >= 15 is 0 Å². The molecule has 50 heavy (non-hydrogen) atoms. The van der Waals surface area contributed by atoms with E-state index in [1.807, 2.05) is 11.8 Å². The van der Waals surface area contributed by atoms with Crippen LogP contribution in [-0.4, -0.2) is 93.8 Å². The second-order valence-electron chi connectivity index (χ2n) is 12.3. The van der Waals surface area contributed by atoms with Gasteiger partial charge < -0.3 is 34.4 Å². The van der Waals surface area contributed by atoms with Crippen molar-refractivity contribution < 1.29 is 32.6 Å². The quantitative estimate of drug-likeness (QED) is 0.289. The minimum atomic E-state index is -4.61. The van der Waals surface area contributed by atoms with Gasteiger partial charge in [0.05, 0.1) is 52.8 Å². The molecule has 2 atom stereocenters. The number of nitrogens with zero attached hydrogens (tertiary/aromatic N) is 7. The summed E-state index contributed by atoms with van der Waals surface area (Å²) in [5, 5.41) is 12.9. The van der Waals surface area contributed by atoms with Crippen LogP contribution >= 0.6 is 11.6 Å². The summed E-state index contributed by atoms with van der Waals surface area (Å²) in [7, 11) is 3.56. The number of halogens is 4. The Balaban J connectivity index is 1.40. The largest absolute Gasteiger partial charge is 0.504 e. The van der Waals surface area contributed by atoms with Crippen molar-refractivity contribution in [1.82, 2.24) is 24.4 Å². The van der Waals surface area contributed by atoms with E-state index in [4.69, 9.17) is 16.3 Å². The summed E-state index contributed by atoms with van der Waals surface area (Å²) < 4.78 is 47.1. The summed E-state index contributed by atoms with van der Waals surface area (Å²) in [6.07, 6.45) is -3.08. The van der Waals surface area contributed by atoms with Crippen LogP contribution in [0.4, 0.5) is 30.4 Å². The van der Waals surface area contributed by atoms with E-state index in [2.05, 4.69) is 20.3 Å². The fourth-order valence-corrected chi connectivity index (χ4v) is 6.74. The van der Waals surface area contributed by atoms with E-state index in [1.54, 1.807) is 47.5 Å². The third kappa shape index (κ3) is 6.28. The number of ether oxygens (including phenoxy) is 1. The Kier molecular flexibility index (Phi) is 9.35. The molecule has 1 aromatic carbocycles. The normalized spacial score (nSPS) is 17.6. The van der Waals surface area contributed by atoms with Crippen LogP contribution in [0.5, 0.6) is 5.75 Å². The second kappa shape index (κ2) is 13.4. The van der Waals surface area contributed by atoms with Crippen LogP contribution in [-0.2, 0) is 28.7 Å². The summed E-state index contributed by atoms with van der Waals surface area (Å²) in [5.74, 6) is -0.878. The van der Waals surface area contributed by atoms with Crippen molar-refractivity contribution in [1.29, 1.82) is 0 Å². The number of rotatable bonds is 7. The van der Waals surface area contributed by atoms with Gasteiger partial charge in [-0.2, -0.15) is 13.2 Å². The van der Waals surface area contributed by atoms with Crippen molar-refractivity contribution in [2.45, 2.75) is 45.1 Å². The highest BCUT2D eigenvalue weighted by Gasteiger charge is 2.45. The van der Waals surface area contributed by atoms with Crippen molar-refractivity contribution in [3.05, 3.63) is 74.6 Å². The van der Waals surface area contributed by atoms with Crippen LogP contribution in [0, 0.1) is 6.92 Å². The van der Waals surface area contributed by atoms with E-state index < -0.39 is 35.6 Å². The van der Waals surface area contributed by atoms with Crippen molar-refractivity contribution in [2.24, 2.45) is 0 Å². The van der Waals surface area contributed by atoms with E-state index in [9.17, 15) is 32.7 Å². The molecule has 2 aliphatic rings. The zero-order chi connectivity index (χ0) is 36.1. The first kappa shape index (κ1) is 34.9. The van der Waals surface area contributed by atoms with E-state index in [1.165, 1.54) is 6.33 Å². The molecule has 0 bridgehead atoms. The molecule has 2 amide bonds. The number of hydrogen-bond acceptors (Lipinski definition) is 10.